The maximum absolute atomic E-state index is 11.2. The van der Waals surface area contributed by atoms with Gasteiger partial charge in [0.05, 0.1) is 13.2 Å². The van der Waals surface area contributed by atoms with Crippen molar-refractivity contribution in [3.8, 4) is 6.07 Å². The zero-order chi connectivity index (χ0) is 11.1. The molecule has 0 aromatic rings. The van der Waals surface area contributed by atoms with Gasteiger partial charge in [-0.3, -0.25) is 0 Å². The lowest BCUT2D eigenvalue weighted by Crippen LogP contribution is -2.35. The summed E-state index contributed by atoms with van der Waals surface area (Å²) < 4.78 is 10.1. The Bertz CT molecular complexity index is 371. The molecule has 1 saturated heterocycles. The van der Waals surface area contributed by atoms with E-state index >= 15 is 0 Å². The first-order valence-corrected chi connectivity index (χ1v) is 4.74. The van der Waals surface area contributed by atoms with Crippen LogP contribution < -0.4 is 0 Å². The fourth-order valence-electron chi connectivity index (χ4n) is 1.78. The first kappa shape index (κ1) is 9.99. The van der Waals surface area contributed by atoms with Crippen molar-refractivity contribution in [1.82, 2.24) is 4.90 Å². The average Bonchev–Trinajstić information content (AvgIpc) is 2.95. The Morgan fingerprint density at radius 2 is 2.60 bits per heavy atom. The molecule has 1 fully saturated rings. The third-order valence-corrected chi connectivity index (χ3v) is 2.75. The highest BCUT2D eigenvalue weighted by Crippen LogP contribution is 2.38. The molecule has 2 aliphatic rings. The lowest BCUT2D eigenvalue weighted by atomic mass is 10.2. The summed E-state index contributed by atoms with van der Waals surface area (Å²) in [7, 11) is 1.32. The summed E-state index contributed by atoms with van der Waals surface area (Å²) >= 11 is 0. The topological polar surface area (TPSA) is 62.3 Å². The number of nitrogens with zero attached hydrogens (tertiary/aromatic N) is 2. The second-order valence-electron chi connectivity index (χ2n) is 3.84. The number of carbonyl (C=O) groups excluding carboxylic acids is 1. The average molecular weight is 208 g/mol. The highest BCUT2D eigenvalue weighted by molar-refractivity contribution is 5.86. The molecule has 0 amide bonds. The molecule has 3 atom stereocenters. The van der Waals surface area contributed by atoms with Crippen LogP contribution in [0.25, 0.3) is 0 Å². The number of hydrogen-bond donors (Lipinski definition) is 0. The van der Waals surface area contributed by atoms with Crippen LogP contribution in [0, 0.1) is 11.3 Å². The van der Waals surface area contributed by atoms with Gasteiger partial charge in [-0.05, 0) is 13.0 Å². The first-order chi connectivity index (χ1) is 7.10. The maximum Gasteiger partial charge on any atom is 0.373 e. The van der Waals surface area contributed by atoms with E-state index in [1.54, 1.807) is 6.08 Å². The minimum absolute atomic E-state index is 0.0830. The normalized spacial score (nSPS) is 37.5. The minimum atomic E-state index is -0.552. The number of hydrogen-bond acceptors (Lipinski definition) is 5. The Morgan fingerprint density at radius 1 is 1.87 bits per heavy atom. The molecule has 3 unspecified atom stereocenters. The van der Waals surface area contributed by atoms with E-state index in [1.165, 1.54) is 7.11 Å². The fourth-order valence-corrected chi connectivity index (χ4v) is 1.78. The van der Waals surface area contributed by atoms with Crippen molar-refractivity contribution in [2.75, 3.05) is 13.7 Å². The summed E-state index contributed by atoms with van der Waals surface area (Å²) in [6.07, 6.45) is 2.31. The minimum Gasteiger partial charge on any atom is -0.465 e. The van der Waals surface area contributed by atoms with E-state index in [1.807, 2.05) is 11.8 Å². The molecule has 0 aromatic carbocycles. The predicted molar refractivity (Wildman–Crippen MR) is 50.3 cm³/mol. The van der Waals surface area contributed by atoms with Gasteiger partial charge in [-0.1, -0.05) is 0 Å². The van der Waals surface area contributed by atoms with Crippen LogP contribution in [0.1, 0.15) is 13.3 Å². The van der Waals surface area contributed by atoms with Gasteiger partial charge in [0.1, 0.15) is 6.04 Å². The Labute approximate surface area is 87.9 Å². The van der Waals surface area contributed by atoms with Crippen LogP contribution in [0.2, 0.25) is 0 Å². The molecule has 0 saturated carbocycles. The van der Waals surface area contributed by atoms with Crippen LogP contribution in [0.5, 0.6) is 0 Å². The van der Waals surface area contributed by atoms with Crippen molar-refractivity contribution in [3.05, 3.63) is 11.8 Å². The summed E-state index contributed by atoms with van der Waals surface area (Å²) in [5.74, 6) is -0.224. The monoisotopic (exact) mass is 208 g/mol. The molecule has 2 rings (SSSR count). The molecule has 80 valence electrons. The number of rotatable bonds is 2. The van der Waals surface area contributed by atoms with Gasteiger partial charge in [0.2, 0.25) is 5.76 Å². The van der Waals surface area contributed by atoms with Crippen molar-refractivity contribution in [2.24, 2.45) is 0 Å². The number of methoxy groups -OCH3 is 1. The predicted octanol–water partition coefficient (Wildman–Crippen LogP) is 0.388. The molecule has 0 N–H and O–H groups in total. The zero-order valence-corrected chi connectivity index (χ0v) is 8.69. The third kappa shape index (κ3) is 1.57. The van der Waals surface area contributed by atoms with Crippen LogP contribution >= 0.6 is 0 Å². The van der Waals surface area contributed by atoms with Crippen LogP contribution in [0.4, 0.5) is 0 Å². The molecule has 5 nitrogen and oxygen atoms in total. The summed E-state index contributed by atoms with van der Waals surface area (Å²) in [5, 5.41) is 8.72. The van der Waals surface area contributed by atoms with Gasteiger partial charge >= 0.3 is 5.97 Å². The Hall–Kier alpha value is -1.54. The maximum atomic E-state index is 11.2. The molecule has 2 heterocycles. The number of nitriles is 1. The lowest BCUT2D eigenvalue weighted by molar-refractivity contribution is -0.145. The van der Waals surface area contributed by atoms with Crippen molar-refractivity contribution in [3.63, 3.8) is 0 Å². The SMILES string of the molecule is COC(=O)C1=CCC(C)(N2CC2C#N)O1. The molecule has 0 radical (unpaired) electrons. The molecule has 15 heavy (non-hydrogen) atoms. The van der Waals surface area contributed by atoms with Crippen LogP contribution in [-0.4, -0.2) is 36.3 Å². The smallest absolute Gasteiger partial charge is 0.373 e. The van der Waals surface area contributed by atoms with E-state index in [4.69, 9.17) is 10.00 Å². The van der Waals surface area contributed by atoms with E-state index in [0.717, 1.165) is 0 Å². The summed E-state index contributed by atoms with van der Waals surface area (Å²) in [6.45, 7) is 2.58. The first-order valence-electron chi connectivity index (χ1n) is 4.74. The van der Waals surface area contributed by atoms with E-state index in [0.29, 0.717) is 13.0 Å². The molecular formula is C10H12N2O3. The number of ether oxygens (including phenoxy) is 2. The molecule has 0 bridgehead atoms. The lowest BCUT2D eigenvalue weighted by Gasteiger charge is -2.26. The molecule has 2 aliphatic heterocycles. The molecule has 0 spiro atoms. The quantitative estimate of drug-likeness (QED) is 0.485. The van der Waals surface area contributed by atoms with Crippen molar-refractivity contribution in [1.29, 1.82) is 5.26 Å². The van der Waals surface area contributed by atoms with Crippen LogP contribution in [0.3, 0.4) is 0 Å². The largest absolute Gasteiger partial charge is 0.465 e. The molecule has 0 aromatic heterocycles. The number of carbonyl (C=O) groups is 1. The Morgan fingerprint density at radius 3 is 3.13 bits per heavy atom. The molecular weight excluding hydrogens is 196 g/mol. The second-order valence-corrected chi connectivity index (χ2v) is 3.84. The van der Waals surface area contributed by atoms with Gasteiger partial charge in [0, 0.05) is 13.0 Å². The number of esters is 1. The van der Waals surface area contributed by atoms with E-state index < -0.39 is 11.7 Å². The van der Waals surface area contributed by atoms with Crippen LogP contribution in [0.15, 0.2) is 11.8 Å². The van der Waals surface area contributed by atoms with Gasteiger partial charge in [-0.15, -0.1) is 0 Å². The molecule has 0 aliphatic carbocycles. The summed E-state index contributed by atoms with van der Waals surface area (Å²) in [6, 6.07) is 2.07. The van der Waals surface area contributed by atoms with Gasteiger partial charge in [-0.25, -0.2) is 9.69 Å². The fraction of sp³-hybridized carbons (Fsp3) is 0.600. The molecule has 5 heteroatoms. The van der Waals surface area contributed by atoms with E-state index in [-0.39, 0.29) is 11.8 Å². The van der Waals surface area contributed by atoms with Crippen molar-refractivity contribution >= 4 is 5.97 Å². The highest BCUT2D eigenvalue weighted by Gasteiger charge is 2.51. The van der Waals surface area contributed by atoms with Gasteiger partial charge in [0.15, 0.2) is 5.72 Å². The summed E-state index contributed by atoms with van der Waals surface area (Å²) in [4.78, 5) is 13.1. The van der Waals surface area contributed by atoms with Gasteiger partial charge in [-0.2, -0.15) is 5.26 Å². The standard InChI is InChI=1S/C10H12N2O3/c1-10(12-6-7(12)5-11)4-3-8(15-10)9(13)14-2/h3,7H,4,6H2,1-2H3. The van der Waals surface area contributed by atoms with E-state index in [2.05, 4.69) is 10.8 Å². The van der Waals surface area contributed by atoms with Gasteiger partial charge < -0.3 is 9.47 Å². The summed E-state index contributed by atoms with van der Waals surface area (Å²) in [5.41, 5.74) is -0.552. The highest BCUT2D eigenvalue weighted by atomic mass is 16.6. The third-order valence-electron chi connectivity index (χ3n) is 2.75. The van der Waals surface area contributed by atoms with Crippen molar-refractivity contribution < 1.29 is 14.3 Å². The van der Waals surface area contributed by atoms with E-state index in [9.17, 15) is 4.79 Å². The van der Waals surface area contributed by atoms with Gasteiger partial charge in [0.25, 0.3) is 0 Å². The second kappa shape index (κ2) is 3.24. The van der Waals surface area contributed by atoms with Crippen molar-refractivity contribution in [2.45, 2.75) is 25.1 Å². The Balaban J connectivity index is 2.01. The zero-order valence-electron chi connectivity index (χ0n) is 8.69. The van der Waals surface area contributed by atoms with Crippen LogP contribution in [-0.2, 0) is 14.3 Å². The Kier molecular flexibility index (Phi) is 2.16.